The van der Waals surface area contributed by atoms with Crippen molar-refractivity contribution in [3.63, 3.8) is 0 Å². The summed E-state index contributed by atoms with van der Waals surface area (Å²) in [6, 6.07) is 16.7. The molecule has 0 bridgehead atoms. The fourth-order valence-electron chi connectivity index (χ4n) is 2.91. The molecule has 4 rings (SSSR count). The first-order valence-electron chi connectivity index (χ1n) is 8.78. The lowest BCUT2D eigenvalue weighted by Gasteiger charge is -2.22. The minimum absolute atomic E-state index is 0.406. The molecule has 0 saturated carbocycles. The molecule has 0 aliphatic rings. The lowest BCUT2D eigenvalue weighted by atomic mass is 10.2. The molecule has 2 aromatic carbocycles. The van der Waals surface area contributed by atoms with Crippen LogP contribution in [0.3, 0.4) is 0 Å². The zero-order valence-corrected chi connectivity index (χ0v) is 17.1. The second-order valence-electron chi connectivity index (χ2n) is 6.19. The minimum Gasteiger partial charge on any atom is -0.497 e. The average molecular weight is 425 g/mol. The zero-order valence-electron chi connectivity index (χ0n) is 15.5. The van der Waals surface area contributed by atoms with Crippen molar-refractivity contribution in [1.82, 2.24) is 15.0 Å². The molecule has 0 fully saturated rings. The normalized spacial score (nSPS) is 11.9. The van der Waals surface area contributed by atoms with Gasteiger partial charge in [0.2, 0.25) is 0 Å². The van der Waals surface area contributed by atoms with Crippen LogP contribution in [0.1, 0.15) is 5.56 Å². The van der Waals surface area contributed by atoms with Crippen LogP contribution in [0.15, 0.2) is 78.2 Å². The lowest BCUT2D eigenvalue weighted by molar-refractivity contribution is 0.414. The van der Waals surface area contributed by atoms with Crippen LogP contribution < -0.4 is 9.04 Å². The highest BCUT2D eigenvalue weighted by Crippen LogP contribution is 2.26. The van der Waals surface area contributed by atoms with E-state index in [2.05, 4.69) is 15.0 Å². The molecule has 0 radical (unpaired) electrons. The highest BCUT2D eigenvalue weighted by Gasteiger charge is 2.19. The van der Waals surface area contributed by atoms with E-state index in [-0.39, 0.29) is 0 Å². The van der Waals surface area contributed by atoms with E-state index in [1.807, 2.05) is 42.5 Å². The number of ether oxygens (including phenoxy) is 1. The van der Waals surface area contributed by atoms with Gasteiger partial charge in [0, 0.05) is 17.8 Å². The van der Waals surface area contributed by atoms with Gasteiger partial charge >= 0.3 is 0 Å². The van der Waals surface area contributed by atoms with Crippen LogP contribution in [0.2, 0.25) is 5.15 Å². The number of nitrogens with zero attached hydrogens (tertiary/aromatic N) is 4. The summed E-state index contributed by atoms with van der Waals surface area (Å²) < 4.78 is 20.5. The minimum atomic E-state index is -1.49. The molecule has 0 saturated heterocycles. The van der Waals surface area contributed by atoms with Gasteiger partial charge in [-0.15, -0.1) is 0 Å². The number of anilines is 1. The van der Waals surface area contributed by atoms with E-state index in [9.17, 15) is 4.21 Å². The van der Waals surface area contributed by atoms with E-state index in [0.29, 0.717) is 22.4 Å². The monoisotopic (exact) mass is 424 g/mol. The van der Waals surface area contributed by atoms with E-state index < -0.39 is 11.0 Å². The molecule has 8 heteroatoms. The molecule has 6 nitrogen and oxygen atoms in total. The molecule has 29 heavy (non-hydrogen) atoms. The molecule has 0 spiro atoms. The average Bonchev–Trinajstić information content (AvgIpc) is 2.78. The number of pyridine rings is 1. The smallest absolute Gasteiger partial charge is 0.154 e. The Kier molecular flexibility index (Phi) is 5.69. The number of halogens is 1. The van der Waals surface area contributed by atoms with Gasteiger partial charge in [0.25, 0.3) is 0 Å². The van der Waals surface area contributed by atoms with Crippen molar-refractivity contribution in [3.05, 3.63) is 84.0 Å². The fraction of sp³-hybridized carbons (Fsp3) is 0.0952. The van der Waals surface area contributed by atoms with Gasteiger partial charge in [-0.1, -0.05) is 29.8 Å². The molecular formula is C21H17ClN4O2S. The SMILES string of the molecule is COc1ccc(CN(c2ccncn2)S(=O)c2ccc3c(Cl)nccc3c2)cc1. The van der Waals surface area contributed by atoms with Gasteiger partial charge in [-0.05, 0) is 47.3 Å². The Labute approximate surface area is 175 Å². The van der Waals surface area contributed by atoms with Gasteiger partial charge in [0.1, 0.15) is 23.0 Å². The van der Waals surface area contributed by atoms with Crippen LogP contribution in [0.4, 0.5) is 5.82 Å². The molecule has 0 aliphatic carbocycles. The Morgan fingerprint density at radius 1 is 1.03 bits per heavy atom. The van der Waals surface area contributed by atoms with Crippen molar-refractivity contribution in [2.24, 2.45) is 0 Å². The summed E-state index contributed by atoms with van der Waals surface area (Å²) in [5.41, 5.74) is 0.978. The maximum atomic E-state index is 13.5. The Balaban J connectivity index is 1.71. The summed E-state index contributed by atoms with van der Waals surface area (Å²) in [6.45, 7) is 0.406. The number of aromatic nitrogens is 3. The molecule has 2 heterocycles. The third kappa shape index (κ3) is 4.21. The molecule has 0 N–H and O–H groups in total. The predicted octanol–water partition coefficient (Wildman–Crippen LogP) is 4.42. The Bertz CT molecular complexity index is 1160. The van der Waals surface area contributed by atoms with Crippen molar-refractivity contribution in [2.75, 3.05) is 11.4 Å². The first-order valence-corrected chi connectivity index (χ1v) is 10.3. The molecule has 1 atom stereocenters. The maximum absolute atomic E-state index is 13.5. The summed E-state index contributed by atoms with van der Waals surface area (Å²) in [7, 11) is 0.130. The lowest BCUT2D eigenvalue weighted by Crippen LogP contribution is -2.26. The summed E-state index contributed by atoms with van der Waals surface area (Å²) >= 11 is 6.15. The van der Waals surface area contributed by atoms with E-state index in [1.165, 1.54) is 6.33 Å². The fourth-order valence-corrected chi connectivity index (χ4v) is 4.35. The zero-order chi connectivity index (χ0) is 20.2. The molecular weight excluding hydrogens is 408 g/mol. The summed E-state index contributed by atoms with van der Waals surface area (Å²) in [6.07, 6.45) is 4.71. The van der Waals surface area contributed by atoms with Crippen LogP contribution in [-0.4, -0.2) is 26.3 Å². The molecule has 0 aliphatic heterocycles. The third-order valence-corrected chi connectivity index (χ3v) is 6.07. The van der Waals surface area contributed by atoms with Gasteiger partial charge in [0.05, 0.1) is 18.6 Å². The standard InChI is InChI=1S/C21H17ClN4O2S/c1-28-17-4-2-15(3-5-17)13-26(20-9-10-23-14-25-20)29(27)18-6-7-19-16(12-18)8-11-24-21(19)22/h2-12,14H,13H2,1H3. The van der Waals surface area contributed by atoms with Crippen molar-refractivity contribution in [2.45, 2.75) is 11.4 Å². The maximum Gasteiger partial charge on any atom is 0.154 e. The molecule has 0 amide bonds. The first-order chi connectivity index (χ1) is 14.2. The van der Waals surface area contributed by atoms with E-state index in [1.54, 1.807) is 35.9 Å². The molecule has 2 aromatic heterocycles. The summed E-state index contributed by atoms with van der Waals surface area (Å²) in [5, 5.41) is 2.12. The van der Waals surface area contributed by atoms with Gasteiger partial charge in [-0.2, -0.15) is 0 Å². The largest absolute Gasteiger partial charge is 0.497 e. The molecule has 4 aromatic rings. The van der Waals surface area contributed by atoms with E-state index in [4.69, 9.17) is 16.3 Å². The van der Waals surface area contributed by atoms with Crippen LogP contribution in [0.25, 0.3) is 10.8 Å². The van der Waals surface area contributed by atoms with Crippen molar-refractivity contribution < 1.29 is 8.95 Å². The van der Waals surface area contributed by atoms with Crippen molar-refractivity contribution >= 4 is 39.2 Å². The van der Waals surface area contributed by atoms with Crippen LogP contribution in [-0.2, 0) is 17.5 Å². The second kappa shape index (κ2) is 8.55. The highest BCUT2D eigenvalue weighted by atomic mass is 35.5. The van der Waals surface area contributed by atoms with Gasteiger partial charge in [-0.25, -0.2) is 19.2 Å². The van der Waals surface area contributed by atoms with Crippen molar-refractivity contribution in [3.8, 4) is 5.75 Å². The second-order valence-corrected chi connectivity index (χ2v) is 7.95. The number of benzene rings is 2. The number of fused-ring (bicyclic) bond motifs is 1. The summed E-state index contributed by atoms with van der Waals surface area (Å²) in [4.78, 5) is 13.0. The number of hydrogen-bond acceptors (Lipinski definition) is 5. The van der Waals surface area contributed by atoms with E-state index in [0.717, 1.165) is 22.1 Å². The van der Waals surface area contributed by atoms with Crippen LogP contribution in [0, 0.1) is 0 Å². The van der Waals surface area contributed by atoms with Crippen LogP contribution >= 0.6 is 11.6 Å². The van der Waals surface area contributed by atoms with Gasteiger partial charge in [-0.3, -0.25) is 4.31 Å². The number of methoxy groups -OCH3 is 1. The Morgan fingerprint density at radius 2 is 1.86 bits per heavy atom. The molecule has 146 valence electrons. The van der Waals surface area contributed by atoms with Crippen LogP contribution in [0.5, 0.6) is 5.75 Å². The third-order valence-electron chi connectivity index (χ3n) is 4.40. The highest BCUT2D eigenvalue weighted by molar-refractivity contribution is 7.86. The van der Waals surface area contributed by atoms with Gasteiger partial charge < -0.3 is 4.74 Å². The van der Waals surface area contributed by atoms with Crippen molar-refractivity contribution in [1.29, 1.82) is 0 Å². The number of hydrogen-bond donors (Lipinski definition) is 0. The Morgan fingerprint density at radius 3 is 2.59 bits per heavy atom. The van der Waals surface area contributed by atoms with E-state index >= 15 is 0 Å². The molecule has 1 unspecified atom stereocenters. The summed E-state index contributed by atoms with van der Waals surface area (Å²) in [5.74, 6) is 1.34. The predicted molar refractivity (Wildman–Crippen MR) is 114 cm³/mol. The number of rotatable bonds is 6. The van der Waals surface area contributed by atoms with Gasteiger partial charge in [0.15, 0.2) is 11.0 Å². The topological polar surface area (TPSA) is 68.2 Å². The Hall–Kier alpha value is -3.03. The first kappa shape index (κ1) is 19.3. The quantitative estimate of drug-likeness (QED) is 0.429.